The summed E-state index contributed by atoms with van der Waals surface area (Å²) < 4.78 is 5.37. The lowest BCUT2D eigenvalue weighted by Crippen LogP contribution is -2.29. The largest absolute Gasteiger partial charge is 0.462 e. The molecular weight excluding hydrogens is 398 g/mol. The van der Waals surface area contributed by atoms with Crippen LogP contribution in [0.1, 0.15) is 16.8 Å². The van der Waals surface area contributed by atoms with Crippen molar-refractivity contribution in [2.24, 2.45) is 0 Å². The molecule has 1 N–H and O–H groups in total. The number of fused-ring (bicyclic) bond motifs is 3. The van der Waals surface area contributed by atoms with Crippen molar-refractivity contribution in [3.8, 4) is 0 Å². The first-order valence-electron chi connectivity index (χ1n) is 9.50. The molecule has 7 heteroatoms. The number of benzene rings is 3. The molecule has 3 aromatic carbocycles. The monoisotopic (exact) mass is 415 g/mol. The summed E-state index contributed by atoms with van der Waals surface area (Å²) >= 11 is 1.64. The van der Waals surface area contributed by atoms with Crippen LogP contribution in [-0.4, -0.2) is 28.5 Å². The molecule has 0 spiro atoms. The Morgan fingerprint density at radius 2 is 1.67 bits per heavy atom. The summed E-state index contributed by atoms with van der Waals surface area (Å²) in [6.07, 6.45) is 1.66. The maximum absolute atomic E-state index is 13.1. The Hall–Kier alpha value is -3.58. The van der Waals surface area contributed by atoms with Crippen molar-refractivity contribution in [1.82, 2.24) is 9.97 Å². The molecule has 5 rings (SSSR count). The second-order valence-electron chi connectivity index (χ2n) is 6.79. The highest BCUT2D eigenvalue weighted by molar-refractivity contribution is 7.99. The third kappa shape index (κ3) is 3.33. The molecule has 1 aliphatic heterocycles. The summed E-state index contributed by atoms with van der Waals surface area (Å²) in [5.74, 6) is -0.582. The molecule has 1 amide bonds. The lowest BCUT2D eigenvalue weighted by atomic mass is 10.2. The van der Waals surface area contributed by atoms with Crippen LogP contribution in [0.4, 0.5) is 11.4 Å². The van der Waals surface area contributed by atoms with E-state index in [9.17, 15) is 9.59 Å². The van der Waals surface area contributed by atoms with Gasteiger partial charge in [0.1, 0.15) is 6.61 Å². The third-order valence-electron chi connectivity index (χ3n) is 4.89. The lowest BCUT2D eigenvalue weighted by molar-refractivity contribution is -0.118. The Balaban J connectivity index is 1.30. The molecule has 4 aromatic rings. The second-order valence-corrected chi connectivity index (χ2v) is 7.87. The molecule has 0 atom stereocenters. The van der Waals surface area contributed by atoms with Crippen molar-refractivity contribution in [3.63, 3.8) is 0 Å². The summed E-state index contributed by atoms with van der Waals surface area (Å²) in [5, 5.41) is 0. The van der Waals surface area contributed by atoms with Gasteiger partial charge in [-0.15, -0.1) is 0 Å². The number of ether oxygens (including phenoxy) is 1. The highest BCUT2D eigenvalue weighted by atomic mass is 32.2. The summed E-state index contributed by atoms with van der Waals surface area (Å²) in [5.41, 5.74) is 3.66. The number of hydrogen-bond acceptors (Lipinski definition) is 5. The fourth-order valence-corrected chi connectivity index (χ4v) is 4.52. The van der Waals surface area contributed by atoms with Gasteiger partial charge in [0.25, 0.3) is 0 Å². The standard InChI is InChI=1S/C23H17N3O3S/c27-22(11-12-29-23(28)15-9-10-16-17(13-15)25-14-24-16)26-18-5-1-3-7-20(18)30-21-8-4-2-6-19(21)26/h1-10,13-14H,11-12H2,(H,24,25). The maximum atomic E-state index is 13.1. The molecular formula is C23H17N3O3S. The normalized spacial score (nSPS) is 12.3. The number of aromatic nitrogens is 2. The first-order chi connectivity index (χ1) is 14.7. The van der Waals surface area contributed by atoms with Gasteiger partial charge in [0, 0.05) is 9.79 Å². The van der Waals surface area contributed by atoms with Crippen LogP contribution < -0.4 is 4.90 Å². The highest BCUT2D eigenvalue weighted by Gasteiger charge is 2.27. The summed E-state index contributed by atoms with van der Waals surface area (Å²) in [6, 6.07) is 20.7. The quantitative estimate of drug-likeness (QED) is 0.478. The number of amides is 1. The molecule has 0 fully saturated rings. The van der Waals surface area contributed by atoms with Gasteiger partial charge >= 0.3 is 5.97 Å². The van der Waals surface area contributed by atoms with E-state index in [2.05, 4.69) is 9.97 Å². The van der Waals surface area contributed by atoms with Crippen molar-refractivity contribution in [3.05, 3.63) is 78.6 Å². The van der Waals surface area contributed by atoms with Crippen molar-refractivity contribution in [2.45, 2.75) is 16.2 Å². The minimum absolute atomic E-state index is 0.00660. The Labute approximate surface area is 176 Å². The van der Waals surface area contributed by atoms with E-state index in [4.69, 9.17) is 4.74 Å². The summed E-state index contributed by atoms with van der Waals surface area (Å²) in [4.78, 5) is 36.3. The van der Waals surface area contributed by atoms with Crippen molar-refractivity contribution in [1.29, 1.82) is 0 Å². The molecule has 148 valence electrons. The molecule has 0 aliphatic carbocycles. The van der Waals surface area contributed by atoms with Crippen molar-refractivity contribution in [2.75, 3.05) is 11.5 Å². The van der Waals surface area contributed by atoms with Crippen LogP contribution in [0.2, 0.25) is 0 Å². The average molecular weight is 415 g/mol. The summed E-state index contributed by atoms with van der Waals surface area (Å²) in [7, 11) is 0. The first kappa shape index (κ1) is 18.4. The number of rotatable bonds is 4. The molecule has 0 saturated heterocycles. The van der Waals surface area contributed by atoms with Gasteiger partial charge in [0.2, 0.25) is 5.91 Å². The van der Waals surface area contributed by atoms with Crippen LogP contribution in [0.25, 0.3) is 11.0 Å². The van der Waals surface area contributed by atoms with Gasteiger partial charge in [-0.05, 0) is 42.5 Å². The zero-order valence-electron chi connectivity index (χ0n) is 15.9. The molecule has 0 bridgehead atoms. The number of aromatic amines is 1. The third-order valence-corrected chi connectivity index (χ3v) is 6.02. The number of anilines is 2. The predicted octanol–water partition coefficient (Wildman–Crippen LogP) is 4.94. The molecule has 30 heavy (non-hydrogen) atoms. The lowest BCUT2D eigenvalue weighted by Gasteiger charge is -2.31. The Bertz CT molecular complexity index is 1220. The average Bonchev–Trinajstić information content (AvgIpc) is 3.25. The van der Waals surface area contributed by atoms with Crippen LogP contribution >= 0.6 is 11.8 Å². The second kappa shape index (κ2) is 7.68. The number of carbonyl (C=O) groups is 2. The Kier molecular flexibility index (Phi) is 4.72. The first-order valence-corrected chi connectivity index (χ1v) is 10.3. The Morgan fingerprint density at radius 1 is 0.967 bits per heavy atom. The predicted molar refractivity (Wildman–Crippen MR) is 115 cm³/mol. The van der Waals surface area contributed by atoms with E-state index >= 15 is 0 Å². The van der Waals surface area contributed by atoms with Gasteiger partial charge in [-0.3, -0.25) is 9.69 Å². The molecule has 0 unspecified atom stereocenters. The topological polar surface area (TPSA) is 75.3 Å². The molecule has 1 aromatic heterocycles. The maximum Gasteiger partial charge on any atom is 0.338 e. The molecule has 0 saturated carbocycles. The van der Waals surface area contributed by atoms with Crippen LogP contribution in [0.5, 0.6) is 0 Å². The number of hydrogen-bond donors (Lipinski definition) is 1. The van der Waals surface area contributed by atoms with Crippen LogP contribution in [-0.2, 0) is 9.53 Å². The molecule has 1 aliphatic rings. The Morgan fingerprint density at radius 3 is 2.40 bits per heavy atom. The zero-order valence-corrected chi connectivity index (χ0v) is 16.7. The minimum Gasteiger partial charge on any atom is -0.462 e. The summed E-state index contributed by atoms with van der Waals surface area (Å²) in [6.45, 7) is 0.00660. The fourth-order valence-electron chi connectivity index (χ4n) is 3.46. The number of nitrogens with zero attached hydrogens (tertiary/aromatic N) is 2. The molecule has 6 nitrogen and oxygen atoms in total. The van der Waals surface area contributed by atoms with Crippen LogP contribution in [0.15, 0.2) is 82.8 Å². The molecule has 0 radical (unpaired) electrons. The minimum atomic E-state index is -0.464. The van der Waals surface area contributed by atoms with Gasteiger partial charge in [-0.2, -0.15) is 0 Å². The van der Waals surface area contributed by atoms with Gasteiger partial charge < -0.3 is 9.72 Å². The van der Waals surface area contributed by atoms with Crippen LogP contribution in [0.3, 0.4) is 0 Å². The van der Waals surface area contributed by atoms with Crippen molar-refractivity contribution >= 4 is 46.0 Å². The van der Waals surface area contributed by atoms with E-state index in [1.54, 1.807) is 41.2 Å². The number of para-hydroxylation sites is 2. The number of imidazole rings is 1. The number of carbonyl (C=O) groups excluding carboxylic acids is 2. The van der Waals surface area contributed by atoms with Gasteiger partial charge in [-0.25, -0.2) is 9.78 Å². The van der Waals surface area contributed by atoms with E-state index < -0.39 is 5.97 Å². The van der Waals surface area contributed by atoms with Crippen molar-refractivity contribution < 1.29 is 14.3 Å². The van der Waals surface area contributed by atoms with E-state index in [0.29, 0.717) is 5.56 Å². The van der Waals surface area contributed by atoms with E-state index in [1.165, 1.54) is 0 Å². The van der Waals surface area contributed by atoms with E-state index in [1.807, 2.05) is 48.5 Å². The number of esters is 1. The number of H-pyrrole nitrogens is 1. The van der Waals surface area contributed by atoms with Gasteiger partial charge in [0.05, 0.1) is 40.7 Å². The zero-order chi connectivity index (χ0) is 20.5. The van der Waals surface area contributed by atoms with Gasteiger partial charge in [-0.1, -0.05) is 36.0 Å². The van der Waals surface area contributed by atoms with Gasteiger partial charge in [0.15, 0.2) is 0 Å². The highest BCUT2D eigenvalue weighted by Crippen LogP contribution is 2.48. The van der Waals surface area contributed by atoms with Crippen LogP contribution in [0, 0.1) is 0 Å². The van der Waals surface area contributed by atoms with E-state index in [0.717, 1.165) is 32.2 Å². The SMILES string of the molecule is O=C(OCCC(=O)N1c2ccccc2Sc2ccccc21)c1ccc2nc[nH]c2c1. The number of nitrogens with one attached hydrogen (secondary N) is 1. The fraction of sp³-hybridized carbons (Fsp3) is 0.0870. The molecule has 2 heterocycles. The van der Waals surface area contributed by atoms with E-state index in [-0.39, 0.29) is 18.9 Å². The smallest absolute Gasteiger partial charge is 0.338 e.